The molecule has 0 aliphatic carbocycles. The fourth-order valence-corrected chi connectivity index (χ4v) is 9.82. The molecule has 0 spiro atoms. The highest BCUT2D eigenvalue weighted by Gasteiger charge is 2.24. The van der Waals surface area contributed by atoms with E-state index < -0.39 is 42.3 Å². The molecule has 7 aromatic rings. The van der Waals surface area contributed by atoms with Crippen molar-refractivity contribution in [3.8, 4) is 17.7 Å². The third kappa shape index (κ3) is 10.2. The molecule has 6 N–H and O–H groups in total. The van der Waals surface area contributed by atoms with Crippen molar-refractivity contribution in [3.05, 3.63) is 77.4 Å². The largest absolute Gasteiger partial charge is 0.505 e. The second kappa shape index (κ2) is 19.3. The molecule has 26 heteroatoms. The molecule has 0 amide bonds. The fraction of sp³-hybridized carbons (Fsp3) is 0.231. The zero-order valence-electron chi connectivity index (χ0n) is 34.0. The van der Waals surface area contributed by atoms with Crippen LogP contribution in [0.1, 0.15) is 23.1 Å². The van der Waals surface area contributed by atoms with Crippen LogP contribution in [-0.4, -0.2) is 104 Å². The zero-order chi connectivity index (χ0) is 46.6. The number of aliphatic hydroxyl groups excluding tert-OH is 2. The number of phenolic OH excluding ortho intramolecular Hbond substituents is 1. The maximum atomic E-state index is 12.8. The number of anilines is 1. The van der Waals surface area contributed by atoms with Gasteiger partial charge in [0, 0.05) is 36.4 Å². The second-order valence-corrected chi connectivity index (χ2v) is 19.3. The first kappa shape index (κ1) is 46.4. The topological polar surface area (TPSA) is 334 Å². The molecule has 4 aromatic carbocycles. The number of azo groups is 3. The summed E-state index contributed by atoms with van der Waals surface area (Å²) in [5, 5.41) is 86.0. The molecule has 0 unspecified atom stereocenters. The second-order valence-electron chi connectivity index (χ2n) is 14.0. The van der Waals surface area contributed by atoms with E-state index in [1.165, 1.54) is 22.6 Å². The highest BCUT2D eigenvalue weighted by Crippen LogP contribution is 2.45. The number of hydrogen-bond acceptors (Lipinski definition) is 21. The number of imidazole rings is 1. The molecule has 7 rings (SSSR count). The zero-order valence-corrected chi connectivity index (χ0v) is 37.3. The SMILES string of the molecule is Cc1cc(N=Nc2c(S(=O)(=O)O)cc3cc(N=Nc4c(C)c(C#N)c5nc6ccccc6n5c4O)ccc3c2O)c(N(CCO)CCCO)cc1N=Nc1nnc(SCCS(=O)(=O)O)s1. The fourth-order valence-electron chi connectivity index (χ4n) is 6.61. The minimum absolute atomic E-state index is 0.0207. The number of thioether (sulfide) groups is 1. The van der Waals surface area contributed by atoms with Gasteiger partial charge in [-0.3, -0.25) is 13.5 Å². The first-order valence-corrected chi connectivity index (χ1v) is 23.9. The van der Waals surface area contributed by atoms with E-state index in [1.807, 2.05) is 0 Å². The summed E-state index contributed by atoms with van der Waals surface area (Å²) < 4.78 is 68.9. The number of para-hydroxylation sites is 2. The summed E-state index contributed by atoms with van der Waals surface area (Å²) >= 11 is 2.09. The van der Waals surface area contributed by atoms with Gasteiger partial charge >= 0.3 is 0 Å². The van der Waals surface area contributed by atoms with Crippen LogP contribution >= 0.6 is 23.1 Å². The number of hydrogen-bond donors (Lipinski definition) is 6. The van der Waals surface area contributed by atoms with E-state index in [2.05, 4.69) is 51.9 Å². The van der Waals surface area contributed by atoms with E-state index in [-0.39, 0.29) is 88.5 Å². The molecule has 0 saturated heterocycles. The van der Waals surface area contributed by atoms with Crippen molar-refractivity contribution in [2.45, 2.75) is 29.5 Å². The third-order valence-corrected chi connectivity index (χ3v) is 13.5. The van der Waals surface area contributed by atoms with Crippen molar-refractivity contribution in [2.75, 3.05) is 42.7 Å². The standard InChI is InChI=1S/C39H36N12O10S4/c1-21-16-29(31(50(11-13-53)10-5-12-52)19-28(21)43-47-38-48-49-39(63-38)62-14-15-64(56,57)58)44-46-34-32(65(59,60)61)18-23-17-24(8-9-25(23)35(34)54)42-45-33-22(2)26(20-40)36-41-27-6-3-4-7-30(27)51(36)37(33)55/h3-4,6-9,16-19,52-55H,5,10-15H2,1-2H3,(H,56,57,58)(H,59,60,61). The molecular weight excluding hydrogens is 925 g/mol. The summed E-state index contributed by atoms with van der Waals surface area (Å²) in [5.74, 6) is -1.41. The van der Waals surface area contributed by atoms with Crippen LogP contribution in [0, 0.1) is 25.2 Å². The van der Waals surface area contributed by atoms with Crippen molar-refractivity contribution >= 4 is 110 Å². The molecule has 22 nitrogen and oxygen atoms in total. The van der Waals surface area contributed by atoms with Crippen LogP contribution < -0.4 is 4.90 Å². The number of benzene rings is 4. The molecule has 0 radical (unpaired) electrons. The molecule has 65 heavy (non-hydrogen) atoms. The summed E-state index contributed by atoms with van der Waals surface area (Å²) in [4.78, 5) is 5.37. The predicted molar refractivity (Wildman–Crippen MR) is 241 cm³/mol. The normalized spacial score (nSPS) is 12.5. The molecular formula is C39H36N12O10S4. The van der Waals surface area contributed by atoms with Gasteiger partial charge < -0.3 is 25.3 Å². The van der Waals surface area contributed by atoms with E-state index in [9.17, 15) is 47.1 Å². The molecule has 3 aromatic heterocycles. The lowest BCUT2D eigenvalue weighted by Crippen LogP contribution is -2.28. The van der Waals surface area contributed by atoms with Crippen molar-refractivity contribution in [1.29, 1.82) is 5.26 Å². The number of nitriles is 1. The molecule has 0 bridgehead atoms. The molecule has 0 atom stereocenters. The van der Waals surface area contributed by atoms with Crippen molar-refractivity contribution in [3.63, 3.8) is 0 Å². The van der Waals surface area contributed by atoms with Gasteiger partial charge in [-0.25, -0.2) is 4.98 Å². The Hall–Kier alpha value is -6.57. The number of rotatable bonds is 17. The highest BCUT2D eigenvalue weighted by atomic mass is 32.2. The minimum Gasteiger partial charge on any atom is -0.505 e. The van der Waals surface area contributed by atoms with Crippen LogP contribution in [0.25, 0.3) is 27.5 Å². The van der Waals surface area contributed by atoms with Crippen LogP contribution in [0.3, 0.4) is 0 Å². The van der Waals surface area contributed by atoms with Gasteiger partial charge in [0.2, 0.25) is 5.88 Å². The molecule has 0 saturated carbocycles. The van der Waals surface area contributed by atoms with Gasteiger partial charge in [0.1, 0.15) is 27.9 Å². The minimum atomic E-state index is -5.07. The number of phenols is 1. The number of pyridine rings is 1. The van der Waals surface area contributed by atoms with Gasteiger partial charge in [-0.05, 0) is 79.7 Å². The van der Waals surface area contributed by atoms with Crippen LogP contribution in [0.4, 0.5) is 39.3 Å². The molecule has 0 aliphatic heterocycles. The Morgan fingerprint density at radius 2 is 1.62 bits per heavy atom. The van der Waals surface area contributed by atoms with Gasteiger partial charge in [0.05, 0.1) is 40.5 Å². The van der Waals surface area contributed by atoms with Gasteiger partial charge in [-0.15, -0.1) is 35.8 Å². The van der Waals surface area contributed by atoms with Crippen molar-refractivity contribution in [1.82, 2.24) is 19.6 Å². The number of nitrogens with zero attached hydrogens (tertiary/aromatic N) is 12. The molecule has 0 fully saturated rings. The summed E-state index contributed by atoms with van der Waals surface area (Å²) in [7, 11) is -9.22. The predicted octanol–water partition coefficient (Wildman–Crippen LogP) is 8.05. The Balaban J connectivity index is 1.25. The van der Waals surface area contributed by atoms with Crippen LogP contribution in [0.2, 0.25) is 0 Å². The lowest BCUT2D eigenvalue weighted by molar-refractivity contribution is 0.281. The van der Waals surface area contributed by atoms with Crippen LogP contribution in [0.15, 0.2) is 101 Å². The average molecular weight is 961 g/mol. The monoisotopic (exact) mass is 960 g/mol. The lowest BCUT2D eigenvalue weighted by Gasteiger charge is -2.25. The first-order valence-electron chi connectivity index (χ1n) is 19.1. The number of fused-ring (bicyclic) bond motifs is 4. The quantitative estimate of drug-likeness (QED) is 0.0285. The van der Waals surface area contributed by atoms with E-state index >= 15 is 0 Å². The number of aromatic hydroxyl groups is 2. The Kier molecular flexibility index (Phi) is 13.8. The maximum Gasteiger partial charge on any atom is 0.296 e. The number of aryl methyl sites for hydroxylation is 1. The van der Waals surface area contributed by atoms with E-state index in [0.717, 1.165) is 29.2 Å². The number of aromatic nitrogens is 4. The maximum absolute atomic E-state index is 12.8. The third-order valence-electron chi connectivity index (χ3n) is 9.68. The summed E-state index contributed by atoms with van der Waals surface area (Å²) in [6.45, 7) is 3.05. The van der Waals surface area contributed by atoms with Gasteiger partial charge in [-0.2, -0.15) is 27.2 Å². The van der Waals surface area contributed by atoms with E-state index in [0.29, 0.717) is 37.9 Å². The Morgan fingerprint density at radius 3 is 2.34 bits per heavy atom. The van der Waals surface area contributed by atoms with Gasteiger partial charge in [0.15, 0.2) is 21.4 Å². The number of aliphatic hydroxyl groups is 2. The smallest absolute Gasteiger partial charge is 0.296 e. The van der Waals surface area contributed by atoms with Crippen molar-refractivity contribution < 1.29 is 46.4 Å². The molecule has 0 aliphatic rings. The van der Waals surface area contributed by atoms with E-state index in [1.54, 1.807) is 55.1 Å². The lowest BCUT2D eigenvalue weighted by atomic mass is 10.1. The Labute approximate surface area is 377 Å². The molecule has 336 valence electrons. The Bertz CT molecular complexity index is 3350. The van der Waals surface area contributed by atoms with E-state index in [4.69, 9.17) is 4.55 Å². The van der Waals surface area contributed by atoms with Crippen LogP contribution in [0.5, 0.6) is 11.6 Å². The summed E-state index contributed by atoms with van der Waals surface area (Å²) in [6, 6.07) is 17.5. The van der Waals surface area contributed by atoms with Crippen LogP contribution in [-0.2, 0) is 20.2 Å². The van der Waals surface area contributed by atoms with Crippen molar-refractivity contribution in [2.24, 2.45) is 30.7 Å². The Morgan fingerprint density at radius 1 is 0.862 bits per heavy atom. The first-order chi connectivity index (χ1) is 31.0. The molecule has 3 heterocycles. The van der Waals surface area contributed by atoms with Gasteiger partial charge in [0.25, 0.3) is 25.4 Å². The van der Waals surface area contributed by atoms with Gasteiger partial charge in [-0.1, -0.05) is 35.2 Å². The average Bonchev–Trinajstić information content (AvgIpc) is 3.88. The highest BCUT2D eigenvalue weighted by molar-refractivity contribution is 8.01. The summed E-state index contributed by atoms with van der Waals surface area (Å²) in [5.41, 5.74) is 2.56. The summed E-state index contributed by atoms with van der Waals surface area (Å²) in [6.07, 6.45) is 0.280.